The molecule has 0 radical (unpaired) electrons. The van der Waals surface area contributed by atoms with Crippen LogP contribution in [0.3, 0.4) is 0 Å². The van der Waals surface area contributed by atoms with Crippen molar-refractivity contribution in [3.05, 3.63) is 24.2 Å². The first-order valence-corrected chi connectivity index (χ1v) is 6.02. The number of nitrogens with two attached hydrogens (primary N) is 1. The van der Waals surface area contributed by atoms with Gasteiger partial charge in [-0.25, -0.2) is 5.43 Å². The van der Waals surface area contributed by atoms with Crippen LogP contribution in [0.1, 0.15) is 31.4 Å². The summed E-state index contributed by atoms with van der Waals surface area (Å²) in [7, 11) is 0. The normalized spacial score (nSPS) is 21.3. The maximum Gasteiger partial charge on any atom is 0.0952 e. The first-order chi connectivity index (χ1) is 8.32. The summed E-state index contributed by atoms with van der Waals surface area (Å²) in [5.74, 6) is 5.70. The Morgan fingerprint density at radius 3 is 2.82 bits per heavy atom. The van der Waals surface area contributed by atoms with Gasteiger partial charge >= 0.3 is 0 Å². The van der Waals surface area contributed by atoms with Gasteiger partial charge in [0.1, 0.15) is 0 Å². The Balaban J connectivity index is 2.23. The highest BCUT2D eigenvalue weighted by molar-refractivity contribution is 5.17. The maximum absolute atomic E-state index is 5.98. The minimum Gasteiger partial charge on any atom is -0.472 e. The van der Waals surface area contributed by atoms with Gasteiger partial charge in [0.15, 0.2) is 0 Å². The van der Waals surface area contributed by atoms with E-state index in [1.165, 1.54) is 0 Å². The number of furan rings is 1. The third-order valence-electron chi connectivity index (χ3n) is 3.34. The zero-order valence-electron chi connectivity index (χ0n) is 10.1. The van der Waals surface area contributed by atoms with Gasteiger partial charge in [-0.2, -0.15) is 0 Å². The van der Waals surface area contributed by atoms with Crippen molar-refractivity contribution < 1.29 is 13.9 Å². The van der Waals surface area contributed by atoms with E-state index in [1.54, 1.807) is 12.5 Å². The van der Waals surface area contributed by atoms with Crippen LogP contribution in [0, 0.1) is 0 Å². The first-order valence-electron chi connectivity index (χ1n) is 6.02. The lowest BCUT2D eigenvalue weighted by atomic mass is 9.83. The molecular weight excluding hydrogens is 220 g/mol. The van der Waals surface area contributed by atoms with Crippen LogP contribution >= 0.6 is 0 Å². The highest BCUT2D eigenvalue weighted by Crippen LogP contribution is 2.37. The van der Waals surface area contributed by atoms with Crippen LogP contribution in [0.4, 0.5) is 0 Å². The molecule has 1 unspecified atom stereocenters. The van der Waals surface area contributed by atoms with Crippen molar-refractivity contribution in [3.63, 3.8) is 0 Å². The molecule has 1 aromatic rings. The van der Waals surface area contributed by atoms with E-state index in [4.69, 9.17) is 19.7 Å². The molecule has 96 valence electrons. The quantitative estimate of drug-likeness (QED) is 0.601. The molecule has 0 aliphatic carbocycles. The van der Waals surface area contributed by atoms with E-state index < -0.39 is 0 Å². The lowest BCUT2D eigenvalue weighted by molar-refractivity contribution is -0.128. The van der Waals surface area contributed by atoms with Crippen LogP contribution in [-0.4, -0.2) is 25.4 Å². The second kappa shape index (κ2) is 5.64. The zero-order chi connectivity index (χ0) is 12.1. The Bertz CT molecular complexity index is 315. The van der Waals surface area contributed by atoms with Crippen LogP contribution in [0.25, 0.3) is 0 Å². The number of hydrogen-bond acceptors (Lipinski definition) is 5. The first kappa shape index (κ1) is 12.6. The molecule has 1 aliphatic heterocycles. The molecule has 1 aliphatic rings. The highest BCUT2D eigenvalue weighted by atomic mass is 16.5. The van der Waals surface area contributed by atoms with Crippen molar-refractivity contribution in [2.45, 2.75) is 31.4 Å². The summed E-state index contributed by atoms with van der Waals surface area (Å²) >= 11 is 0. The molecule has 0 aromatic carbocycles. The molecule has 5 heteroatoms. The van der Waals surface area contributed by atoms with Gasteiger partial charge in [-0.05, 0) is 13.0 Å². The van der Waals surface area contributed by atoms with Crippen LogP contribution in [0.2, 0.25) is 0 Å². The SMILES string of the molecule is CCOC1(C(NN)c2ccoc2)CCOCC1. The topological polar surface area (TPSA) is 69.7 Å². The molecule has 0 amide bonds. The number of ether oxygens (including phenoxy) is 2. The van der Waals surface area contributed by atoms with Crippen LogP contribution in [0.5, 0.6) is 0 Å². The molecule has 0 saturated carbocycles. The summed E-state index contributed by atoms with van der Waals surface area (Å²) in [5.41, 5.74) is 3.58. The van der Waals surface area contributed by atoms with Gasteiger partial charge < -0.3 is 13.9 Å². The van der Waals surface area contributed by atoms with E-state index in [9.17, 15) is 0 Å². The van der Waals surface area contributed by atoms with Crippen molar-refractivity contribution in [3.8, 4) is 0 Å². The fourth-order valence-electron chi connectivity index (χ4n) is 2.51. The molecule has 1 aromatic heterocycles. The zero-order valence-corrected chi connectivity index (χ0v) is 10.1. The second-order valence-corrected chi connectivity index (χ2v) is 4.27. The number of rotatable bonds is 5. The van der Waals surface area contributed by atoms with Gasteiger partial charge in [0, 0.05) is 38.2 Å². The van der Waals surface area contributed by atoms with E-state index in [0.717, 1.165) is 18.4 Å². The van der Waals surface area contributed by atoms with Crippen molar-refractivity contribution in [2.24, 2.45) is 5.84 Å². The fourth-order valence-corrected chi connectivity index (χ4v) is 2.51. The Hall–Kier alpha value is -0.880. The van der Waals surface area contributed by atoms with Gasteiger partial charge in [0.2, 0.25) is 0 Å². The van der Waals surface area contributed by atoms with E-state index in [1.807, 2.05) is 13.0 Å². The molecule has 5 nitrogen and oxygen atoms in total. The highest BCUT2D eigenvalue weighted by Gasteiger charge is 2.42. The average Bonchev–Trinajstić information content (AvgIpc) is 2.85. The Morgan fingerprint density at radius 1 is 1.53 bits per heavy atom. The van der Waals surface area contributed by atoms with Crippen LogP contribution in [0.15, 0.2) is 23.0 Å². The Labute approximate surface area is 101 Å². The minimum absolute atomic E-state index is 0.0647. The predicted octanol–water partition coefficient (Wildman–Crippen LogP) is 1.37. The number of hydrogen-bond donors (Lipinski definition) is 2. The minimum atomic E-state index is -0.300. The van der Waals surface area contributed by atoms with E-state index in [0.29, 0.717) is 19.8 Å². The van der Waals surface area contributed by atoms with Crippen molar-refractivity contribution >= 4 is 0 Å². The van der Waals surface area contributed by atoms with Crippen molar-refractivity contribution in [1.29, 1.82) is 0 Å². The van der Waals surface area contributed by atoms with Crippen molar-refractivity contribution in [1.82, 2.24) is 5.43 Å². The lowest BCUT2D eigenvalue weighted by Gasteiger charge is -2.42. The molecule has 1 fully saturated rings. The largest absolute Gasteiger partial charge is 0.472 e. The maximum atomic E-state index is 5.98. The molecule has 0 spiro atoms. The third kappa shape index (κ3) is 2.52. The van der Waals surface area contributed by atoms with E-state index in [-0.39, 0.29) is 11.6 Å². The van der Waals surface area contributed by atoms with Crippen LogP contribution < -0.4 is 11.3 Å². The molecule has 3 N–H and O–H groups in total. The predicted molar refractivity (Wildman–Crippen MR) is 63.2 cm³/mol. The standard InChI is InChI=1S/C12H20N2O3/c1-2-17-12(4-7-15-8-5-12)11(14-13)10-3-6-16-9-10/h3,6,9,11,14H,2,4-5,7-8,13H2,1H3. The summed E-state index contributed by atoms with van der Waals surface area (Å²) in [5, 5.41) is 0. The molecule has 17 heavy (non-hydrogen) atoms. The van der Waals surface area contributed by atoms with Gasteiger partial charge in [0.25, 0.3) is 0 Å². The average molecular weight is 240 g/mol. The van der Waals surface area contributed by atoms with Gasteiger partial charge in [-0.1, -0.05) is 0 Å². The fraction of sp³-hybridized carbons (Fsp3) is 0.667. The van der Waals surface area contributed by atoms with Crippen LogP contribution in [-0.2, 0) is 9.47 Å². The van der Waals surface area contributed by atoms with E-state index >= 15 is 0 Å². The molecule has 2 rings (SSSR count). The lowest BCUT2D eigenvalue weighted by Crippen LogP contribution is -2.51. The molecule has 1 atom stereocenters. The Morgan fingerprint density at radius 2 is 2.29 bits per heavy atom. The summed E-state index contributed by atoms with van der Waals surface area (Å²) in [6, 6.07) is 1.85. The molecular formula is C12H20N2O3. The number of nitrogens with one attached hydrogen (secondary N) is 1. The number of hydrazine groups is 1. The van der Waals surface area contributed by atoms with Gasteiger partial charge in [0.05, 0.1) is 24.2 Å². The van der Waals surface area contributed by atoms with E-state index in [2.05, 4.69) is 5.43 Å². The summed E-state index contributed by atoms with van der Waals surface area (Å²) < 4.78 is 16.5. The molecule has 1 saturated heterocycles. The van der Waals surface area contributed by atoms with Crippen molar-refractivity contribution in [2.75, 3.05) is 19.8 Å². The van der Waals surface area contributed by atoms with Gasteiger partial charge in [-0.3, -0.25) is 5.84 Å². The molecule has 0 bridgehead atoms. The summed E-state index contributed by atoms with van der Waals surface area (Å²) in [6.45, 7) is 4.07. The monoisotopic (exact) mass is 240 g/mol. The summed E-state index contributed by atoms with van der Waals surface area (Å²) in [6.07, 6.45) is 5.03. The molecule has 2 heterocycles. The Kier molecular flexibility index (Phi) is 4.17. The third-order valence-corrected chi connectivity index (χ3v) is 3.34. The second-order valence-electron chi connectivity index (χ2n) is 4.27. The smallest absolute Gasteiger partial charge is 0.0952 e. The van der Waals surface area contributed by atoms with Gasteiger partial charge in [-0.15, -0.1) is 0 Å². The summed E-state index contributed by atoms with van der Waals surface area (Å²) in [4.78, 5) is 0.